The van der Waals surface area contributed by atoms with E-state index in [0.717, 1.165) is 22.3 Å². The molecule has 4 nitrogen and oxygen atoms in total. The number of aryl methyl sites for hydroxylation is 2. The molecule has 1 aliphatic heterocycles. The number of rotatable bonds is 6. The molecule has 0 bridgehead atoms. The smallest absolute Gasteiger partial charge is 0.271 e. The lowest BCUT2D eigenvalue weighted by Crippen LogP contribution is -2.28. The summed E-state index contributed by atoms with van der Waals surface area (Å²) in [5, 5.41) is 2.72. The van der Waals surface area contributed by atoms with Crippen LogP contribution in [0.5, 0.6) is 5.75 Å². The summed E-state index contributed by atoms with van der Waals surface area (Å²) < 4.78 is 5.89. The van der Waals surface area contributed by atoms with Gasteiger partial charge in [-0.25, -0.2) is 4.99 Å². The Kier molecular flexibility index (Phi) is 8.79. The molecular formula is C31H22Cl4N2O2S. The van der Waals surface area contributed by atoms with Gasteiger partial charge in [-0.15, -0.1) is 0 Å². The topological polar surface area (TPSA) is 41.9 Å². The maximum atomic E-state index is 13.7. The highest BCUT2D eigenvalue weighted by Crippen LogP contribution is 2.39. The molecule has 0 N–H and O–H groups in total. The van der Waals surface area contributed by atoms with E-state index < -0.39 is 0 Å². The number of hydrogen-bond donors (Lipinski definition) is 0. The molecule has 40 heavy (non-hydrogen) atoms. The number of halogens is 4. The van der Waals surface area contributed by atoms with Gasteiger partial charge in [0, 0.05) is 15.1 Å². The lowest BCUT2D eigenvalue weighted by atomic mass is 10.2. The summed E-state index contributed by atoms with van der Waals surface area (Å²) in [5.74, 6) is 0.308. The number of thioether (sulfide) groups is 1. The number of amidine groups is 1. The minimum absolute atomic E-state index is 0.223. The lowest BCUT2D eigenvalue weighted by molar-refractivity contribution is -0.113. The zero-order valence-corrected chi connectivity index (χ0v) is 25.3. The Hall–Kier alpha value is -2.93. The number of hydrogen-bond acceptors (Lipinski definition) is 4. The Morgan fingerprint density at radius 1 is 0.850 bits per heavy atom. The maximum Gasteiger partial charge on any atom is 0.271 e. The number of nitrogens with zero attached hydrogens (tertiary/aromatic N) is 2. The summed E-state index contributed by atoms with van der Waals surface area (Å²) in [5.41, 5.74) is 4.80. The van der Waals surface area contributed by atoms with Crippen molar-refractivity contribution < 1.29 is 9.53 Å². The van der Waals surface area contributed by atoms with Gasteiger partial charge in [-0.2, -0.15) is 0 Å². The van der Waals surface area contributed by atoms with E-state index in [1.165, 1.54) is 11.8 Å². The van der Waals surface area contributed by atoms with Gasteiger partial charge in [0.05, 0.1) is 21.3 Å². The summed E-state index contributed by atoms with van der Waals surface area (Å²) in [7, 11) is 0. The maximum absolute atomic E-state index is 13.7. The van der Waals surface area contributed by atoms with Crippen molar-refractivity contribution in [1.29, 1.82) is 0 Å². The summed E-state index contributed by atoms with van der Waals surface area (Å²) >= 11 is 26.6. The first-order valence-corrected chi connectivity index (χ1v) is 14.5. The van der Waals surface area contributed by atoms with Crippen molar-refractivity contribution in [3.8, 4) is 5.75 Å². The summed E-state index contributed by atoms with van der Waals surface area (Å²) in [4.78, 5) is 20.5. The Labute approximate surface area is 257 Å². The van der Waals surface area contributed by atoms with E-state index in [0.29, 0.717) is 53.9 Å². The zero-order valence-electron chi connectivity index (χ0n) is 21.4. The number of ether oxygens (including phenoxy) is 1. The molecule has 1 amide bonds. The molecule has 5 rings (SSSR count). The van der Waals surface area contributed by atoms with E-state index >= 15 is 0 Å². The van der Waals surface area contributed by atoms with E-state index in [-0.39, 0.29) is 5.91 Å². The van der Waals surface area contributed by atoms with Crippen LogP contribution in [-0.2, 0) is 11.4 Å². The molecule has 0 aromatic heterocycles. The van der Waals surface area contributed by atoms with Gasteiger partial charge in [-0.05, 0) is 102 Å². The van der Waals surface area contributed by atoms with Gasteiger partial charge in [-0.1, -0.05) is 76.7 Å². The third-order valence-corrected chi connectivity index (χ3v) is 8.45. The Balaban J connectivity index is 1.45. The molecule has 0 aliphatic carbocycles. The van der Waals surface area contributed by atoms with Crippen LogP contribution in [0.3, 0.4) is 0 Å². The van der Waals surface area contributed by atoms with E-state index in [4.69, 9.17) is 56.1 Å². The highest BCUT2D eigenvalue weighted by Gasteiger charge is 2.35. The largest absolute Gasteiger partial charge is 0.487 e. The molecule has 1 fully saturated rings. The summed E-state index contributed by atoms with van der Waals surface area (Å²) in [6, 6.07) is 23.9. The van der Waals surface area contributed by atoms with Crippen LogP contribution in [0, 0.1) is 13.8 Å². The molecule has 0 saturated carbocycles. The zero-order chi connectivity index (χ0) is 28.4. The van der Waals surface area contributed by atoms with Gasteiger partial charge in [-0.3, -0.25) is 9.69 Å². The third-order valence-electron chi connectivity index (χ3n) is 6.14. The second-order valence-electron chi connectivity index (χ2n) is 9.12. The quantitative estimate of drug-likeness (QED) is 0.200. The van der Waals surface area contributed by atoms with Gasteiger partial charge in [0.2, 0.25) is 0 Å². The normalized spacial score (nSPS) is 15.3. The number of amides is 1. The SMILES string of the molecule is Cc1ccc(N=C2S/C(=C/c3ccc(OCc4cccc(Cl)c4)c(Cl)c3)C(=O)N2c2ccc(C)c(Cl)c2)cc1Cl. The van der Waals surface area contributed by atoms with Crippen molar-refractivity contribution in [2.24, 2.45) is 4.99 Å². The van der Waals surface area contributed by atoms with Crippen molar-refractivity contribution in [3.63, 3.8) is 0 Å². The van der Waals surface area contributed by atoms with Crippen molar-refractivity contribution >= 4 is 86.7 Å². The van der Waals surface area contributed by atoms with Gasteiger partial charge >= 0.3 is 0 Å². The van der Waals surface area contributed by atoms with Crippen molar-refractivity contribution in [2.75, 3.05) is 4.90 Å². The second kappa shape index (κ2) is 12.3. The van der Waals surface area contributed by atoms with Crippen LogP contribution >= 0.6 is 58.2 Å². The first-order chi connectivity index (χ1) is 19.2. The molecule has 1 saturated heterocycles. The van der Waals surface area contributed by atoms with Crippen molar-refractivity contribution in [3.05, 3.63) is 126 Å². The van der Waals surface area contributed by atoms with Gasteiger partial charge in [0.15, 0.2) is 5.17 Å². The predicted molar refractivity (Wildman–Crippen MR) is 170 cm³/mol. The highest BCUT2D eigenvalue weighted by molar-refractivity contribution is 8.19. The van der Waals surface area contributed by atoms with Crippen LogP contribution in [0.1, 0.15) is 22.3 Å². The van der Waals surface area contributed by atoms with Crippen molar-refractivity contribution in [1.82, 2.24) is 0 Å². The molecule has 0 spiro atoms. The second-order valence-corrected chi connectivity index (χ2v) is 11.8. The fourth-order valence-electron chi connectivity index (χ4n) is 3.92. The van der Waals surface area contributed by atoms with Crippen LogP contribution < -0.4 is 9.64 Å². The number of carbonyl (C=O) groups is 1. The minimum atomic E-state index is -0.223. The van der Waals surface area contributed by atoms with E-state index in [2.05, 4.69) is 0 Å². The molecule has 202 valence electrons. The van der Waals surface area contributed by atoms with E-state index in [1.54, 1.807) is 35.2 Å². The summed E-state index contributed by atoms with van der Waals surface area (Å²) in [6.45, 7) is 4.16. The molecule has 0 atom stereocenters. The Morgan fingerprint density at radius 2 is 1.60 bits per heavy atom. The van der Waals surface area contributed by atoms with Crippen LogP contribution in [-0.4, -0.2) is 11.1 Å². The molecular weight excluding hydrogens is 606 g/mol. The molecule has 4 aromatic carbocycles. The molecule has 0 unspecified atom stereocenters. The summed E-state index contributed by atoms with van der Waals surface area (Å²) in [6.07, 6.45) is 1.78. The standard InChI is InChI=1S/C31H22Cl4N2O2S/c1-18-6-9-23(15-25(18)33)36-31-37(24-10-7-19(2)26(34)16-24)30(38)29(40-31)14-20-8-11-28(27(35)13-20)39-17-21-4-3-5-22(32)12-21/h3-16H,17H2,1-2H3/b29-14+,36-31?. The first kappa shape index (κ1) is 28.6. The van der Waals surface area contributed by atoms with Gasteiger partial charge in [0.1, 0.15) is 12.4 Å². The average Bonchev–Trinajstić information content (AvgIpc) is 3.21. The van der Waals surface area contributed by atoms with Gasteiger partial charge < -0.3 is 4.74 Å². The number of anilines is 1. The average molecular weight is 628 g/mol. The van der Waals surface area contributed by atoms with Crippen molar-refractivity contribution in [2.45, 2.75) is 20.5 Å². The lowest BCUT2D eigenvalue weighted by Gasteiger charge is -2.16. The number of aliphatic imine (C=N–C) groups is 1. The fraction of sp³-hybridized carbons (Fsp3) is 0.0968. The highest BCUT2D eigenvalue weighted by atomic mass is 35.5. The number of benzene rings is 4. The Morgan fingerprint density at radius 3 is 2.30 bits per heavy atom. The predicted octanol–water partition coefficient (Wildman–Crippen LogP) is 10.3. The molecule has 9 heteroatoms. The van der Waals surface area contributed by atoms with Crippen LogP contribution in [0.25, 0.3) is 6.08 Å². The van der Waals surface area contributed by atoms with Crippen LogP contribution in [0.2, 0.25) is 20.1 Å². The number of carbonyl (C=O) groups excluding carboxylic acids is 1. The third kappa shape index (κ3) is 6.51. The Bertz CT molecular complexity index is 1690. The molecule has 0 radical (unpaired) electrons. The van der Waals surface area contributed by atoms with Crippen LogP contribution in [0.15, 0.2) is 88.8 Å². The van der Waals surface area contributed by atoms with Gasteiger partial charge in [0.25, 0.3) is 5.91 Å². The molecule has 4 aromatic rings. The first-order valence-electron chi connectivity index (χ1n) is 12.2. The van der Waals surface area contributed by atoms with E-state index in [1.807, 2.05) is 68.4 Å². The molecule has 1 aliphatic rings. The van der Waals surface area contributed by atoms with E-state index in [9.17, 15) is 4.79 Å². The fourth-order valence-corrected chi connectivity index (χ4v) is 5.73. The monoisotopic (exact) mass is 626 g/mol. The minimum Gasteiger partial charge on any atom is -0.487 e. The van der Waals surface area contributed by atoms with Crippen LogP contribution in [0.4, 0.5) is 11.4 Å². The molecule has 1 heterocycles.